The summed E-state index contributed by atoms with van der Waals surface area (Å²) in [5, 5.41) is 0. The van der Waals surface area contributed by atoms with Crippen molar-refractivity contribution in [1.82, 2.24) is 0 Å². The molecule has 0 aliphatic heterocycles. The summed E-state index contributed by atoms with van der Waals surface area (Å²) < 4.78 is 4.75. The molecule has 0 aromatic rings. The first-order chi connectivity index (χ1) is 5.33. The molecule has 0 bridgehead atoms. The van der Waals surface area contributed by atoms with Crippen LogP contribution < -0.4 is 0 Å². The minimum absolute atomic E-state index is 0.228. The summed E-state index contributed by atoms with van der Waals surface area (Å²) in [5.41, 5.74) is 1.07. The molecule has 0 N–H and O–H groups in total. The van der Waals surface area contributed by atoms with Crippen molar-refractivity contribution in [2.24, 2.45) is 0 Å². The van der Waals surface area contributed by atoms with E-state index >= 15 is 0 Å². The van der Waals surface area contributed by atoms with Crippen LogP contribution in [0.3, 0.4) is 0 Å². The molecule has 1 aliphatic rings. The van der Waals surface area contributed by atoms with E-state index in [1.165, 1.54) is 0 Å². The zero-order chi connectivity index (χ0) is 8.10. The van der Waals surface area contributed by atoms with Crippen molar-refractivity contribution in [3.05, 3.63) is 23.8 Å². The van der Waals surface area contributed by atoms with Gasteiger partial charge in [0.25, 0.3) is 0 Å². The lowest BCUT2D eigenvalue weighted by molar-refractivity contribution is -0.137. The molecule has 0 heterocycles. The van der Waals surface area contributed by atoms with Crippen molar-refractivity contribution in [3.8, 4) is 0 Å². The molecule has 0 aromatic carbocycles. The molecule has 0 unspecified atom stereocenters. The van der Waals surface area contributed by atoms with Crippen LogP contribution in [0.2, 0.25) is 0 Å². The number of esters is 1. The Balaban J connectivity index is 2.44. The van der Waals surface area contributed by atoms with E-state index < -0.39 is 0 Å². The molecule has 2 heteroatoms. The first-order valence-corrected chi connectivity index (χ1v) is 3.87. The van der Waals surface area contributed by atoms with Gasteiger partial charge in [-0.25, -0.2) is 4.79 Å². The average Bonchev–Trinajstić information content (AvgIpc) is 2.40. The van der Waals surface area contributed by atoms with Crippen LogP contribution in [0.5, 0.6) is 0 Å². The summed E-state index contributed by atoms with van der Waals surface area (Å²) in [4.78, 5) is 10.9. The van der Waals surface area contributed by atoms with E-state index in [0.717, 1.165) is 18.4 Å². The topological polar surface area (TPSA) is 26.3 Å². The lowest BCUT2D eigenvalue weighted by Gasteiger charge is -1.96. The smallest absolute Gasteiger partial charge is 0.331 e. The fourth-order valence-electron chi connectivity index (χ4n) is 1.02. The molecule has 0 aromatic heterocycles. The fourth-order valence-corrected chi connectivity index (χ4v) is 1.02. The Morgan fingerprint density at radius 3 is 3.18 bits per heavy atom. The highest BCUT2D eigenvalue weighted by atomic mass is 16.5. The highest BCUT2D eigenvalue weighted by molar-refractivity contribution is 5.83. The van der Waals surface area contributed by atoms with Gasteiger partial charge in [-0.1, -0.05) is 12.2 Å². The van der Waals surface area contributed by atoms with Gasteiger partial charge in [0.05, 0.1) is 6.61 Å². The Morgan fingerprint density at radius 1 is 1.82 bits per heavy atom. The van der Waals surface area contributed by atoms with Gasteiger partial charge >= 0.3 is 5.97 Å². The van der Waals surface area contributed by atoms with E-state index in [4.69, 9.17) is 4.74 Å². The largest absolute Gasteiger partial charge is 0.463 e. The van der Waals surface area contributed by atoms with Crippen molar-refractivity contribution < 1.29 is 9.53 Å². The summed E-state index contributed by atoms with van der Waals surface area (Å²) in [5.74, 6) is -0.228. The Kier molecular flexibility index (Phi) is 2.90. The molecule has 1 rings (SSSR count). The Labute approximate surface area is 66.5 Å². The molecule has 60 valence electrons. The third kappa shape index (κ3) is 2.58. The van der Waals surface area contributed by atoms with E-state index in [-0.39, 0.29) is 5.97 Å². The molecule has 0 amide bonds. The Hall–Kier alpha value is -1.05. The number of hydrogen-bond acceptors (Lipinski definition) is 2. The van der Waals surface area contributed by atoms with Crippen molar-refractivity contribution in [2.75, 3.05) is 6.61 Å². The van der Waals surface area contributed by atoms with Crippen LogP contribution in [0, 0.1) is 0 Å². The van der Waals surface area contributed by atoms with Crippen molar-refractivity contribution in [1.29, 1.82) is 0 Å². The molecular weight excluding hydrogens is 140 g/mol. The fraction of sp³-hybridized carbons (Fsp3) is 0.444. The van der Waals surface area contributed by atoms with Crippen LogP contribution in [-0.2, 0) is 9.53 Å². The first-order valence-electron chi connectivity index (χ1n) is 3.87. The van der Waals surface area contributed by atoms with Gasteiger partial charge in [0, 0.05) is 6.08 Å². The highest BCUT2D eigenvalue weighted by Gasteiger charge is 2.02. The number of allylic oxidation sites excluding steroid dienone is 3. The number of hydrogen-bond donors (Lipinski definition) is 0. The highest BCUT2D eigenvalue weighted by Crippen LogP contribution is 2.15. The van der Waals surface area contributed by atoms with Crippen LogP contribution >= 0.6 is 0 Å². The van der Waals surface area contributed by atoms with Gasteiger partial charge < -0.3 is 4.74 Å². The van der Waals surface area contributed by atoms with Gasteiger partial charge in [0.15, 0.2) is 0 Å². The molecule has 0 saturated carbocycles. The monoisotopic (exact) mass is 152 g/mol. The quantitative estimate of drug-likeness (QED) is 0.445. The molecular formula is C9H12O2. The standard InChI is InChI=1S/C9H12O2/c1-2-11-9(10)7-8-5-3-4-6-8/h3,5,7H,2,4,6H2,1H3. The van der Waals surface area contributed by atoms with Crippen molar-refractivity contribution in [3.63, 3.8) is 0 Å². The minimum Gasteiger partial charge on any atom is -0.463 e. The minimum atomic E-state index is -0.228. The molecule has 0 radical (unpaired) electrons. The molecule has 0 atom stereocenters. The third-order valence-electron chi connectivity index (χ3n) is 1.52. The second-order valence-electron chi connectivity index (χ2n) is 2.41. The van der Waals surface area contributed by atoms with E-state index in [1.54, 1.807) is 13.0 Å². The third-order valence-corrected chi connectivity index (χ3v) is 1.52. The maximum absolute atomic E-state index is 10.9. The van der Waals surface area contributed by atoms with Gasteiger partial charge in [-0.2, -0.15) is 0 Å². The van der Waals surface area contributed by atoms with E-state index in [9.17, 15) is 4.79 Å². The van der Waals surface area contributed by atoms with Crippen molar-refractivity contribution in [2.45, 2.75) is 19.8 Å². The van der Waals surface area contributed by atoms with Crippen molar-refractivity contribution >= 4 is 5.97 Å². The molecule has 11 heavy (non-hydrogen) atoms. The lowest BCUT2D eigenvalue weighted by atomic mass is 10.2. The summed E-state index contributed by atoms with van der Waals surface area (Å²) in [7, 11) is 0. The van der Waals surface area contributed by atoms with Gasteiger partial charge in [-0.15, -0.1) is 0 Å². The summed E-state index contributed by atoms with van der Waals surface area (Å²) >= 11 is 0. The van der Waals surface area contributed by atoms with Gasteiger partial charge in [0.2, 0.25) is 0 Å². The molecule has 2 nitrogen and oxygen atoms in total. The van der Waals surface area contributed by atoms with Crippen LogP contribution in [0.15, 0.2) is 23.8 Å². The van der Waals surface area contributed by atoms with Crippen LogP contribution in [0.25, 0.3) is 0 Å². The van der Waals surface area contributed by atoms with E-state index in [2.05, 4.69) is 6.08 Å². The van der Waals surface area contributed by atoms with Gasteiger partial charge in [0.1, 0.15) is 0 Å². The maximum Gasteiger partial charge on any atom is 0.331 e. The van der Waals surface area contributed by atoms with E-state index in [0.29, 0.717) is 6.61 Å². The predicted molar refractivity (Wildman–Crippen MR) is 43.1 cm³/mol. The molecule has 0 saturated heterocycles. The average molecular weight is 152 g/mol. The molecule has 1 aliphatic carbocycles. The number of rotatable bonds is 2. The summed E-state index contributed by atoms with van der Waals surface area (Å²) in [6, 6.07) is 0. The SMILES string of the molecule is CCOC(=O)C=C1C=CCC1. The second kappa shape index (κ2) is 3.96. The van der Waals surface area contributed by atoms with Crippen LogP contribution in [0.4, 0.5) is 0 Å². The second-order valence-corrected chi connectivity index (χ2v) is 2.41. The number of carbonyl (C=O) groups is 1. The Morgan fingerprint density at radius 2 is 2.64 bits per heavy atom. The summed E-state index contributed by atoms with van der Waals surface area (Å²) in [6.07, 6.45) is 7.61. The van der Waals surface area contributed by atoms with Crippen LogP contribution in [-0.4, -0.2) is 12.6 Å². The zero-order valence-corrected chi connectivity index (χ0v) is 6.67. The lowest BCUT2D eigenvalue weighted by Crippen LogP contribution is -1.99. The predicted octanol–water partition coefficient (Wildman–Crippen LogP) is 1.83. The van der Waals surface area contributed by atoms with Crippen LogP contribution in [0.1, 0.15) is 19.8 Å². The summed E-state index contributed by atoms with van der Waals surface area (Å²) in [6.45, 7) is 2.26. The first kappa shape index (κ1) is 8.05. The normalized spacial score (nSPS) is 19.2. The number of carbonyl (C=O) groups excluding carboxylic acids is 1. The maximum atomic E-state index is 10.9. The number of ether oxygens (including phenoxy) is 1. The zero-order valence-electron chi connectivity index (χ0n) is 6.67. The Bertz CT molecular complexity index is 202. The molecule has 0 fully saturated rings. The van der Waals surface area contributed by atoms with Gasteiger partial charge in [-0.3, -0.25) is 0 Å². The van der Waals surface area contributed by atoms with Gasteiger partial charge in [-0.05, 0) is 25.3 Å². The van der Waals surface area contributed by atoms with E-state index in [1.807, 2.05) is 6.08 Å². The molecule has 0 spiro atoms.